The van der Waals surface area contributed by atoms with Gasteiger partial charge >= 0.3 is 0 Å². The van der Waals surface area contributed by atoms with Crippen LogP contribution in [0.15, 0.2) is 22.7 Å². The number of piperazine rings is 1. The second kappa shape index (κ2) is 6.22. The van der Waals surface area contributed by atoms with Crippen molar-refractivity contribution >= 4 is 29.2 Å². The summed E-state index contributed by atoms with van der Waals surface area (Å²) in [5, 5.41) is 5.28. The summed E-state index contributed by atoms with van der Waals surface area (Å²) >= 11 is 12.3. The van der Waals surface area contributed by atoms with Crippen molar-refractivity contribution in [1.29, 1.82) is 0 Å². The van der Waals surface area contributed by atoms with Gasteiger partial charge in [-0.3, -0.25) is 0 Å². The molecule has 1 fully saturated rings. The standard InChI is InChI=1S/C14H16Cl2N4O/c1-19-5-7-20(8-6-19)14-17-13(21-18-14)9-10-11(15)3-2-4-12(10)16/h2-4H,5-9H2,1H3. The van der Waals surface area contributed by atoms with Gasteiger partial charge < -0.3 is 14.3 Å². The molecule has 3 rings (SSSR count). The Labute approximate surface area is 133 Å². The monoisotopic (exact) mass is 326 g/mol. The molecule has 0 atom stereocenters. The van der Waals surface area contributed by atoms with Gasteiger partial charge in [0.2, 0.25) is 5.89 Å². The molecule has 0 unspecified atom stereocenters. The highest BCUT2D eigenvalue weighted by molar-refractivity contribution is 6.36. The fraction of sp³-hybridized carbons (Fsp3) is 0.429. The second-order valence-corrected chi connectivity index (χ2v) is 5.97. The molecular weight excluding hydrogens is 311 g/mol. The lowest BCUT2D eigenvalue weighted by molar-refractivity contribution is 0.308. The summed E-state index contributed by atoms with van der Waals surface area (Å²) in [5.41, 5.74) is 0.814. The van der Waals surface area contributed by atoms with Gasteiger partial charge in [0.15, 0.2) is 0 Å². The van der Waals surface area contributed by atoms with Crippen molar-refractivity contribution in [2.75, 3.05) is 38.1 Å². The van der Waals surface area contributed by atoms with Gasteiger partial charge in [-0.1, -0.05) is 29.3 Å². The van der Waals surface area contributed by atoms with Crippen LogP contribution >= 0.6 is 23.2 Å². The lowest BCUT2D eigenvalue weighted by Gasteiger charge is -2.31. The third-order valence-electron chi connectivity index (χ3n) is 3.63. The third kappa shape index (κ3) is 3.31. The highest BCUT2D eigenvalue weighted by atomic mass is 35.5. The van der Waals surface area contributed by atoms with Crippen LogP contribution in [0.5, 0.6) is 0 Å². The molecule has 2 aromatic rings. The van der Waals surface area contributed by atoms with Gasteiger partial charge in [0.25, 0.3) is 5.95 Å². The Hall–Kier alpha value is -1.30. The molecule has 1 aliphatic heterocycles. The van der Waals surface area contributed by atoms with E-state index < -0.39 is 0 Å². The maximum atomic E-state index is 6.16. The van der Waals surface area contributed by atoms with Crippen LogP contribution < -0.4 is 4.90 Å². The van der Waals surface area contributed by atoms with Crippen LogP contribution in [0.4, 0.5) is 5.95 Å². The predicted molar refractivity (Wildman–Crippen MR) is 83.3 cm³/mol. The molecule has 1 saturated heterocycles. The van der Waals surface area contributed by atoms with Gasteiger partial charge in [0.1, 0.15) is 0 Å². The van der Waals surface area contributed by atoms with Gasteiger partial charge in [-0.2, -0.15) is 4.98 Å². The van der Waals surface area contributed by atoms with Crippen LogP contribution in [0.2, 0.25) is 10.0 Å². The van der Waals surface area contributed by atoms with E-state index in [0.29, 0.717) is 28.3 Å². The fourth-order valence-electron chi connectivity index (χ4n) is 2.31. The van der Waals surface area contributed by atoms with Gasteiger partial charge in [-0.25, -0.2) is 0 Å². The van der Waals surface area contributed by atoms with Gasteiger partial charge in [0, 0.05) is 36.2 Å². The van der Waals surface area contributed by atoms with Crippen LogP contribution in [0.3, 0.4) is 0 Å². The first-order chi connectivity index (χ1) is 10.1. The van der Waals surface area contributed by atoms with Crippen molar-refractivity contribution in [2.24, 2.45) is 0 Å². The molecule has 0 amide bonds. The Balaban J connectivity index is 1.73. The number of likely N-dealkylation sites (N-methyl/N-ethyl adjacent to an activating group) is 1. The molecule has 0 N–H and O–H groups in total. The number of benzene rings is 1. The molecule has 5 nitrogen and oxygen atoms in total. The average Bonchev–Trinajstić information content (AvgIpc) is 2.92. The number of nitrogens with zero attached hydrogens (tertiary/aromatic N) is 4. The summed E-state index contributed by atoms with van der Waals surface area (Å²) in [5.74, 6) is 1.17. The van der Waals surface area contributed by atoms with E-state index in [1.165, 1.54) is 0 Å². The zero-order chi connectivity index (χ0) is 14.8. The molecule has 2 heterocycles. The molecule has 0 bridgehead atoms. The summed E-state index contributed by atoms with van der Waals surface area (Å²) in [6, 6.07) is 5.43. The largest absolute Gasteiger partial charge is 0.337 e. The highest BCUT2D eigenvalue weighted by Gasteiger charge is 2.19. The molecule has 0 radical (unpaired) electrons. The number of aromatic nitrogens is 2. The number of rotatable bonds is 3. The van der Waals surface area contributed by atoms with Crippen molar-refractivity contribution in [3.05, 3.63) is 39.7 Å². The zero-order valence-corrected chi connectivity index (χ0v) is 13.2. The first-order valence-electron chi connectivity index (χ1n) is 6.82. The van der Waals surface area contributed by atoms with E-state index in [0.717, 1.165) is 31.7 Å². The Morgan fingerprint density at radius 1 is 1.14 bits per heavy atom. The lowest BCUT2D eigenvalue weighted by atomic mass is 10.1. The van der Waals surface area contributed by atoms with E-state index in [4.69, 9.17) is 27.7 Å². The Bertz CT molecular complexity index is 603. The minimum atomic E-state index is 0.444. The molecule has 112 valence electrons. The molecule has 0 aliphatic carbocycles. The van der Waals surface area contributed by atoms with Crippen molar-refractivity contribution in [3.63, 3.8) is 0 Å². The topological polar surface area (TPSA) is 45.4 Å². The number of hydrogen-bond acceptors (Lipinski definition) is 5. The minimum Gasteiger partial charge on any atom is -0.337 e. The van der Waals surface area contributed by atoms with Gasteiger partial charge in [-0.15, -0.1) is 0 Å². The zero-order valence-electron chi connectivity index (χ0n) is 11.7. The Kier molecular flexibility index (Phi) is 4.33. The van der Waals surface area contributed by atoms with E-state index in [1.807, 2.05) is 6.07 Å². The first kappa shape index (κ1) is 14.6. The molecule has 1 aromatic carbocycles. The van der Waals surface area contributed by atoms with Gasteiger partial charge in [-0.05, 0) is 29.9 Å². The van der Waals surface area contributed by atoms with E-state index in [9.17, 15) is 0 Å². The first-order valence-corrected chi connectivity index (χ1v) is 7.58. The summed E-state index contributed by atoms with van der Waals surface area (Å²) < 4.78 is 5.32. The molecule has 1 aliphatic rings. The summed E-state index contributed by atoms with van der Waals surface area (Å²) in [6.45, 7) is 3.81. The molecular formula is C14H16Cl2N4O. The highest BCUT2D eigenvalue weighted by Crippen LogP contribution is 2.26. The van der Waals surface area contributed by atoms with Crippen molar-refractivity contribution in [2.45, 2.75) is 6.42 Å². The van der Waals surface area contributed by atoms with Gasteiger partial charge in [0.05, 0.1) is 6.42 Å². The van der Waals surface area contributed by atoms with E-state index >= 15 is 0 Å². The van der Waals surface area contributed by atoms with Crippen molar-refractivity contribution in [1.82, 2.24) is 15.0 Å². The Morgan fingerprint density at radius 3 is 2.48 bits per heavy atom. The molecule has 0 saturated carbocycles. The lowest BCUT2D eigenvalue weighted by Crippen LogP contribution is -2.44. The molecule has 1 aromatic heterocycles. The molecule has 21 heavy (non-hydrogen) atoms. The SMILES string of the molecule is CN1CCN(c2noc(Cc3c(Cl)cccc3Cl)n2)CC1. The number of halogens is 2. The van der Waals surface area contributed by atoms with Crippen LogP contribution in [-0.4, -0.2) is 48.3 Å². The second-order valence-electron chi connectivity index (χ2n) is 5.16. The average molecular weight is 327 g/mol. The molecule has 7 heteroatoms. The third-order valence-corrected chi connectivity index (χ3v) is 4.34. The summed E-state index contributed by atoms with van der Waals surface area (Å²) in [6.07, 6.45) is 0.444. The fourth-order valence-corrected chi connectivity index (χ4v) is 2.84. The maximum Gasteiger partial charge on any atom is 0.266 e. The minimum absolute atomic E-state index is 0.444. The van der Waals surface area contributed by atoms with Crippen LogP contribution in [-0.2, 0) is 6.42 Å². The molecule has 0 spiro atoms. The smallest absolute Gasteiger partial charge is 0.266 e. The summed E-state index contributed by atoms with van der Waals surface area (Å²) in [4.78, 5) is 8.85. The number of anilines is 1. The van der Waals surface area contributed by atoms with Crippen LogP contribution in [0.1, 0.15) is 11.5 Å². The quantitative estimate of drug-likeness (QED) is 0.867. The predicted octanol–water partition coefficient (Wildman–Crippen LogP) is 2.72. The summed E-state index contributed by atoms with van der Waals surface area (Å²) in [7, 11) is 2.11. The normalized spacial score (nSPS) is 16.4. The van der Waals surface area contributed by atoms with Crippen molar-refractivity contribution in [3.8, 4) is 0 Å². The van der Waals surface area contributed by atoms with E-state index in [-0.39, 0.29) is 0 Å². The number of hydrogen-bond donors (Lipinski definition) is 0. The van der Waals surface area contributed by atoms with Crippen molar-refractivity contribution < 1.29 is 4.52 Å². The maximum absolute atomic E-state index is 6.16. The van der Waals surface area contributed by atoms with Crippen LogP contribution in [0, 0.1) is 0 Å². The van der Waals surface area contributed by atoms with Crippen LogP contribution in [0.25, 0.3) is 0 Å². The van der Waals surface area contributed by atoms with E-state index in [2.05, 4.69) is 27.0 Å². The Morgan fingerprint density at radius 2 is 1.81 bits per heavy atom. The van der Waals surface area contributed by atoms with E-state index in [1.54, 1.807) is 12.1 Å².